The summed E-state index contributed by atoms with van der Waals surface area (Å²) >= 11 is 0. The maximum absolute atomic E-state index is 12.9. The van der Waals surface area contributed by atoms with Crippen LogP contribution in [0.4, 0.5) is 18.9 Å². The Labute approximate surface area is 155 Å². The molecule has 0 bridgehead atoms. The number of hydrogen-bond donors (Lipinski definition) is 3. The lowest BCUT2D eigenvalue weighted by atomic mass is 10.1. The van der Waals surface area contributed by atoms with Gasteiger partial charge in [0.25, 0.3) is 11.8 Å². The van der Waals surface area contributed by atoms with Crippen LogP contribution in [0.1, 0.15) is 21.5 Å². The van der Waals surface area contributed by atoms with E-state index in [0.717, 1.165) is 24.3 Å². The van der Waals surface area contributed by atoms with Gasteiger partial charge in [-0.15, -0.1) is 0 Å². The number of nitrogens with zero attached hydrogens (tertiary/aromatic N) is 1. The van der Waals surface area contributed by atoms with E-state index in [1.54, 1.807) is 0 Å². The highest BCUT2D eigenvalue weighted by molar-refractivity contribution is 6.31. The summed E-state index contributed by atoms with van der Waals surface area (Å²) in [6, 6.07) is 7.52. The van der Waals surface area contributed by atoms with Gasteiger partial charge in [-0.05, 0) is 30.3 Å². The minimum Gasteiger partial charge on any atom is -0.506 e. The number of halogens is 3. The first-order valence-corrected chi connectivity index (χ1v) is 7.69. The number of carboxylic acids is 1. The topological polar surface area (TPSA) is 107 Å². The molecule has 3 rings (SSSR count). The zero-order valence-corrected chi connectivity index (χ0v) is 13.8. The van der Waals surface area contributed by atoms with Gasteiger partial charge in [-0.2, -0.15) is 13.2 Å². The first-order chi connectivity index (χ1) is 13.1. The number of alkyl halides is 3. The second kappa shape index (κ2) is 6.72. The molecule has 1 heterocycles. The van der Waals surface area contributed by atoms with E-state index in [0.29, 0.717) is 11.1 Å². The Morgan fingerprint density at radius 3 is 2.43 bits per heavy atom. The second-order valence-corrected chi connectivity index (χ2v) is 5.74. The Kier molecular flexibility index (Phi) is 4.55. The van der Waals surface area contributed by atoms with E-state index in [1.807, 2.05) is 0 Å². The SMILES string of the molecule is O=C1NN(c2cccc(C(F)(F)F)c2)C(=O)C1=Cc1cccc(C(=O)O)c1O. The van der Waals surface area contributed by atoms with Crippen molar-refractivity contribution in [3.8, 4) is 5.75 Å². The number of aromatic hydroxyl groups is 1. The van der Waals surface area contributed by atoms with Crippen molar-refractivity contribution in [2.45, 2.75) is 6.18 Å². The van der Waals surface area contributed by atoms with E-state index >= 15 is 0 Å². The summed E-state index contributed by atoms with van der Waals surface area (Å²) in [7, 11) is 0. The van der Waals surface area contributed by atoms with Crippen LogP contribution in [0.3, 0.4) is 0 Å². The Morgan fingerprint density at radius 2 is 1.79 bits per heavy atom. The van der Waals surface area contributed by atoms with Crippen LogP contribution >= 0.6 is 0 Å². The summed E-state index contributed by atoms with van der Waals surface area (Å²) < 4.78 is 38.6. The van der Waals surface area contributed by atoms with Crippen molar-refractivity contribution in [2.24, 2.45) is 0 Å². The number of nitrogens with one attached hydrogen (secondary N) is 1. The van der Waals surface area contributed by atoms with Crippen LogP contribution < -0.4 is 10.4 Å². The Morgan fingerprint density at radius 1 is 1.11 bits per heavy atom. The van der Waals surface area contributed by atoms with Crippen LogP contribution in [0.25, 0.3) is 6.08 Å². The smallest absolute Gasteiger partial charge is 0.416 e. The van der Waals surface area contributed by atoms with Crippen molar-refractivity contribution in [1.29, 1.82) is 0 Å². The number of benzene rings is 2. The zero-order chi connectivity index (χ0) is 20.6. The van der Waals surface area contributed by atoms with Crippen molar-refractivity contribution in [3.05, 3.63) is 64.7 Å². The van der Waals surface area contributed by atoms with Crippen molar-refractivity contribution >= 4 is 29.5 Å². The van der Waals surface area contributed by atoms with Gasteiger partial charge in [0.05, 0.1) is 11.3 Å². The van der Waals surface area contributed by atoms with E-state index in [1.165, 1.54) is 18.2 Å². The minimum atomic E-state index is -4.63. The molecule has 28 heavy (non-hydrogen) atoms. The van der Waals surface area contributed by atoms with Crippen LogP contribution in [0.5, 0.6) is 5.75 Å². The molecule has 144 valence electrons. The lowest BCUT2D eigenvalue weighted by Crippen LogP contribution is -2.35. The first kappa shape index (κ1) is 19.0. The molecule has 2 aromatic rings. The zero-order valence-electron chi connectivity index (χ0n) is 13.8. The fourth-order valence-corrected chi connectivity index (χ4v) is 2.57. The molecule has 7 nitrogen and oxygen atoms in total. The van der Waals surface area contributed by atoms with Gasteiger partial charge in [-0.3, -0.25) is 15.0 Å². The lowest BCUT2D eigenvalue weighted by Gasteiger charge is -2.16. The highest BCUT2D eigenvalue weighted by Gasteiger charge is 2.36. The maximum atomic E-state index is 12.9. The average molecular weight is 392 g/mol. The van der Waals surface area contributed by atoms with Crippen LogP contribution in [-0.2, 0) is 15.8 Å². The molecule has 0 radical (unpaired) electrons. The van der Waals surface area contributed by atoms with E-state index in [-0.39, 0.29) is 11.3 Å². The van der Waals surface area contributed by atoms with Crippen LogP contribution in [0.15, 0.2) is 48.0 Å². The molecule has 10 heteroatoms. The van der Waals surface area contributed by atoms with Gasteiger partial charge in [0.15, 0.2) is 0 Å². The van der Waals surface area contributed by atoms with Crippen LogP contribution in [-0.4, -0.2) is 28.0 Å². The summed E-state index contributed by atoms with van der Waals surface area (Å²) in [4.78, 5) is 35.7. The number of rotatable bonds is 3. The number of carbonyl (C=O) groups excluding carboxylic acids is 2. The minimum absolute atomic E-state index is 0.107. The Bertz CT molecular complexity index is 1030. The summed E-state index contributed by atoms with van der Waals surface area (Å²) in [5.41, 5.74) is -0.0937. The van der Waals surface area contributed by atoms with E-state index < -0.39 is 46.4 Å². The molecule has 0 aromatic heterocycles. The number of carboxylic acid groups (broad SMARTS) is 1. The molecule has 0 spiro atoms. The molecular weight excluding hydrogens is 381 g/mol. The van der Waals surface area contributed by atoms with Crippen molar-refractivity contribution in [1.82, 2.24) is 5.43 Å². The number of hydrazine groups is 1. The Hall–Kier alpha value is -3.82. The predicted octanol–water partition coefficient (Wildman–Crippen LogP) is 2.57. The molecule has 2 aromatic carbocycles. The molecule has 0 aliphatic carbocycles. The quantitative estimate of drug-likeness (QED) is 0.550. The van der Waals surface area contributed by atoms with Gasteiger partial charge in [-0.1, -0.05) is 18.2 Å². The van der Waals surface area contributed by atoms with Gasteiger partial charge in [-0.25, -0.2) is 9.80 Å². The van der Waals surface area contributed by atoms with Crippen molar-refractivity contribution in [3.63, 3.8) is 0 Å². The van der Waals surface area contributed by atoms with Crippen LogP contribution in [0, 0.1) is 0 Å². The molecule has 1 aliphatic heterocycles. The fourth-order valence-electron chi connectivity index (χ4n) is 2.57. The third-order valence-corrected chi connectivity index (χ3v) is 3.92. The molecule has 1 saturated heterocycles. The van der Waals surface area contributed by atoms with Crippen molar-refractivity contribution in [2.75, 3.05) is 5.01 Å². The summed E-state index contributed by atoms with van der Waals surface area (Å²) in [6.45, 7) is 0. The van der Waals surface area contributed by atoms with Gasteiger partial charge in [0, 0.05) is 5.56 Å². The number of hydrogen-bond acceptors (Lipinski definition) is 4. The number of anilines is 1. The number of carbonyl (C=O) groups is 3. The van der Waals surface area contributed by atoms with Gasteiger partial charge in [0.2, 0.25) is 0 Å². The average Bonchev–Trinajstić information content (AvgIpc) is 2.90. The third-order valence-electron chi connectivity index (χ3n) is 3.92. The van der Waals surface area contributed by atoms with E-state index in [9.17, 15) is 32.7 Å². The highest BCUT2D eigenvalue weighted by atomic mass is 19.4. The van der Waals surface area contributed by atoms with E-state index in [2.05, 4.69) is 5.43 Å². The molecular formula is C18H11F3N2O5. The molecule has 0 unspecified atom stereocenters. The third kappa shape index (κ3) is 3.39. The summed E-state index contributed by atoms with van der Waals surface area (Å²) in [6.07, 6.45) is -3.67. The fraction of sp³-hybridized carbons (Fsp3) is 0.0556. The lowest BCUT2D eigenvalue weighted by molar-refractivity contribution is -0.137. The van der Waals surface area contributed by atoms with Gasteiger partial charge < -0.3 is 10.2 Å². The van der Waals surface area contributed by atoms with E-state index in [4.69, 9.17) is 5.11 Å². The molecule has 0 saturated carbocycles. The maximum Gasteiger partial charge on any atom is 0.416 e. The largest absolute Gasteiger partial charge is 0.506 e. The highest BCUT2D eigenvalue weighted by Crippen LogP contribution is 2.33. The standard InChI is InChI=1S/C18H11F3N2O5/c19-18(20,21)10-4-2-5-11(8-10)23-16(26)13(15(25)22-23)7-9-3-1-6-12(14(9)24)17(27)28/h1-8,24H,(H,22,25)(H,27,28). The van der Waals surface area contributed by atoms with Gasteiger partial charge in [0.1, 0.15) is 16.9 Å². The number of phenols is 1. The van der Waals surface area contributed by atoms with Crippen molar-refractivity contribution < 1.29 is 37.8 Å². The predicted molar refractivity (Wildman–Crippen MR) is 90.1 cm³/mol. The Balaban J connectivity index is 1.99. The second-order valence-electron chi connectivity index (χ2n) is 5.74. The number of amides is 2. The number of aromatic carboxylic acids is 1. The normalized spacial score (nSPS) is 15.8. The molecule has 1 aliphatic rings. The van der Waals surface area contributed by atoms with Crippen LogP contribution in [0.2, 0.25) is 0 Å². The summed E-state index contributed by atoms with van der Waals surface area (Å²) in [5, 5.41) is 19.6. The number of para-hydroxylation sites is 1. The monoisotopic (exact) mass is 392 g/mol. The molecule has 1 fully saturated rings. The summed E-state index contributed by atoms with van der Waals surface area (Å²) in [5.74, 6) is -3.93. The first-order valence-electron chi connectivity index (χ1n) is 7.69. The molecule has 0 atom stereocenters. The molecule has 3 N–H and O–H groups in total. The van der Waals surface area contributed by atoms with Gasteiger partial charge >= 0.3 is 12.1 Å². The molecule has 2 amide bonds.